The number of nitrogens with one attached hydrogen (secondary N) is 3. The summed E-state index contributed by atoms with van der Waals surface area (Å²) in [6.45, 7) is 3.70. The van der Waals surface area contributed by atoms with Gasteiger partial charge in [-0.1, -0.05) is 42.4 Å². The highest BCUT2D eigenvalue weighted by atomic mass is 35.5. The summed E-state index contributed by atoms with van der Waals surface area (Å²) < 4.78 is 44.9. The van der Waals surface area contributed by atoms with Gasteiger partial charge >= 0.3 is 6.18 Å². The molecule has 4 rings (SSSR count). The first kappa shape index (κ1) is 29.8. The summed E-state index contributed by atoms with van der Waals surface area (Å²) >= 11 is 6.95. The summed E-state index contributed by atoms with van der Waals surface area (Å²) in [7, 11) is 0. The molecule has 0 radical (unpaired) electrons. The second-order valence-corrected chi connectivity index (χ2v) is 10.4. The van der Waals surface area contributed by atoms with Gasteiger partial charge in [0, 0.05) is 11.4 Å². The molecule has 212 valence electrons. The molecule has 1 aliphatic heterocycles. The third-order valence-corrected chi connectivity index (χ3v) is 7.60. The second-order valence-electron chi connectivity index (χ2n) is 9.00. The number of benzene rings is 2. The SMILES string of the molecule is CCc1ccc(NC(=O)C2=C(C)NC(SCC(=O)Nc3cc(C(F)(F)F)ccc3Cl)=C(C#N)C2c2ccco2)cc1. The van der Waals surface area contributed by atoms with Crippen molar-refractivity contribution < 1.29 is 27.2 Å². The number of thioether (sulfide) groups is 1. The highest BCUT2D eigenvalue weighted by Gasteiger charge is 2.37. The Labute approximate surface area is 243 Å². The lowest BCUT2D eigenvalue weighted by Gasteiger charge is -2.28. The Morgan fingerprint density at radius 1 is 1.15 bits per heavy atom. The molecule has 1 aromatic heterocycles. The van der Waals surface area contributed by atoms with E-state index in [0.717, 1.165) is 41.9 Å². The molecule has 3 N–H and O–H groups in total. The van der Waals surface area contributed by atoms with Crippen molar-refractivity contribution in [2.24, 2.45) is 0 Å². The highest BCUT2D eigenvalue weighted by Crippen LogP contribution is 2.41. The number of carbonyl (C=O) groups is 2. The standard InChI is InChI=1S/C29H24ClF3N4O3S/c1-3-17-6-9-19(10-7-17)36-27(39)25-16(2)35-28(20(14-34)26(25)23-5-4-12-40-23)41-15-24(38)37-22-13-18(29(31,32)33)8-11-21(22)30/h4-13,26,35H,3,15H2,1-2H3,(H,36,39)(H,37,38). The van der Waals surface area contributed by atoms with Gasteiger partial charge in [-0.05, 0) is 61.4 Å². The maximum Gasteiger partial charge on any atom is 0.416 e. The lowest BCUT2D eigenvalue weighted by molar-refractivity contribution is -0.137. The molecule has 2 heterocycles. The molecule has 7 nitrogen and oxygen atoms in total. The smallest absolute Gasteiger partial charge is 0.416 e. The minimum absolute atomic E-state index is 0.0549. The summed E-state index contributed by atoms with van der Waals surface area (Å²) in [5, 5.41) is 18.7. The van der Waals surface area contributed by atoms with E-state index in [2.05, 4.69) is 22.0 Å². The lowest BCUT2D eigenvalue weighted by atomic mass is 9.85. The van der Waals surface area contributed by atoms with Crippen molar-refractivity contribution in [2.75, 3.05) is 16.4 Å². The molecule has 0 saturated heterocycles. The van der Waals surface area contributed by atoms with Gasteiger partial charge in [0.15, 0.2) is 0 Å². The first-order chi connectivity index (χ1) is 19.5. The maximum atomic E-state index is 13.5. The molecule has 0 saturated carbocycles. The number of anilines is 2. The molecular formula is C29H24ClF3N4O3S. The second kappa shape index (κ2) is 12.6. The van der Waals surface area contributed by atoms with Gasteiger partial charge in [0.05, 0.1) is 56.5 Å². The molecule has 0 fully saturated rings. The van der Waals surface area contributed by atoms with Gasteiger partial charge in [0.2, 0.25) is 5.91 Å². The molecule has 1 unspecified atom stereocenters. The van der Waals surface area contributed by atoms with E-state index in [1.807, 2.05) is 19.1 Å². The fraction of sp³-hybridized carbons (Fsp3) is 0.207. The van der Waals surface area contributed by atoms with Crippen LogP contribution >= 0.6 is 23.4 Å². The first-order valence-corrected chi connectivity index (χ1v) is 13.7. The molecule has 41 heavy (non-hydrogen) atoms. The van der Waals surface area contributed by atoms with E-state index in [1.165, 1.54) is 6.26 Å². The van der Waals surface area contributed by atoms with Crippen molar-refractivity contribution in [3.63, 3.8) is 0 Å². The number of amides is 2. The number of hydrogen-bond donors (Lipinski definition) is 3. The third kappa shape index (κ3) is 6.96. The fourth-order valence-electron chi connectivity index (χ4n) is 4.21. The predicted molar refractivity (Wildman–Crippen MR) is 152 cm³/mol. The lowest BCUT2D eigenvalue weighted by Crippen LogP contribution is -2.31. The van der Waals surface area contributed by atoms with Crippen LogP contribution in [0.2, 0.25) is 5.02 Å². The number of nitrogens with zero attached hydrogens (tertiary/aromatic N) is 1. The number of carbonyl (C=O) groups excluding carboxylic acids is 2. The van der Waals surface area contributed by atoms with Crippen LogP contribution in [0, 0.1) is 11.3 Å². The van der Waals surface area contributed by atoms with Crippen LogP contribution in [0.15, 0.2) is 87.1 Å². The number of furan rings is 1. The Morgan fingerprint density at radius 2 is 1.88 bits per heavy atom. The van der Waals surface area contributed by atoms with Gasteiger partial charge < -0.3 is 20.4 Å². The van der Waals surface area contributed by atoms with E-state index in [-0.39, 0.29) is 27.6 Å². The molecule has 1 atom stereocenters. The molecule has 3 aromatic rings. The molecular weight excluding hydrogens is 577 g/mol. The van der Waals surface area contributed by atoms with Gasteiger partial charge in [-0.3, -0.25) is 9.59 Å². The van der Waals surface area contributed by atoms with E-state index in [4.69, 9.17) is 16.0 Å². The number of rotatable bonds is 8. The van der Waals surface area contributed by atoms with E-state index >= 15 is 0 Å². The predicted octanol–water partition coefficient (Wildman–Crippen LogP) is 7.22. The Hall–Kier alpha value is -4.14. The largest absolute Gasteiger partial charge is 0.468 e. The molecule has 2 aromatic carbocycles. The average molecular weight is 601 g/mol. The molecule has 1 aliphatic rings. The molecule has 0 spiro atoms. The van der Waals surface area contributed by atoms with Gasteiger partial charge in [0.25, 0.3) is 5.91 Å². The van der Waals surface area contributed by atoms with E-state index < -0.39 is 29.5 Å². The van der Waals surface area contributed by atoms with E-state index in [0.29, 0.717) is 22.2 Å². The fourth-order valence-corrected chi connectivity index (χ4v) is 5.27. The van der Waals surface area contributed by atoms with E-state index in [1.54, 1.807) is 31.2 Å². The van der Waals surface area contributed by atoms with Crippen molar-refractivity contribution in [2.45, 2.75) is 32.4 Å². The zero-order valence-corrected chi connectivity index (χ0v) is 23.4. The van der Waals surface area contributed by atoms with Crippen LogP contribution in [0.4, 0.5) is 24.5 Å². The summed E-state index contributed by atoms with van der Waals surface area (Å²) in [4.78, 5) is 26.1. The number of dihydropyridines is 1. The van der Waals surface area contributed by atoms with Crippen LogP contribution in [0.5, 0.6) is 0 Å². The third-order valence-electron chi connectivity index (χ3n) is 6.26. The number of hydrogen-bond acceptors (Lipinski definition) is 6. The van der Waals surface area contributed by atoms with Crippen LogP contribution in [0.25, 0.3) is 0 Å². The van der Waals surface area contributed by atoms with Gasteiger partial charge in [-0.15, -0.1) is 0 Å². The Morgan fingerprint density at radius 3 is 2.49 bits per heavy atom. The highest BCUT2D eigenvalue weighted by molar-refractivity contribution is 8.03. The maximum absolute atomic E-state index is 13.5. The van der Waals surface area contributed by atoms with Crippen molar-refractivity contribution in [3.05, 3.63) is 105 Å². The minimum atomic E-state index is -4.61. The number of allylic oxidation sites excluding steroid dienone is 2. The van der Waals surface area contributed by atoms with Crippen LogP contribution in [-0.2, 0) is 22.2 Å². The first-order valence-electron chi connectivity index (χ1n) is 12.4. The normalized spacial score (nSPS) is 15.3. The van der Waals surface area contributed by atoms with Crippen molar-refractivity contribution in [1.29, 1.82) is 5.26 Å². The van der Waals surface area contributed by atoms with Crippen LogP contribution in [0.1, 0.15) is 36.7 Å². The minimum Gasteiger partial charge on any atom is -0.468 e. The monoisotopic (exact) mass is 600 g/mol. The van der Waals surface area contributed by atoms with Crippen LogP contribution in [-0.4, -0.2) is 17.6 Å². The van der Waals surface area contributed by atoms with Crippen molar-refractivity contribution >= 4 is 46.6 Å². The number of alkyl halides is 3. The van der Waals surface area contributed by atoms with Crippen molar-refractivity contribution in [1.82, 2.24) is 5.32 Å². The zero-order chi connectivity index (χ0) is 29.7. The molecule has 2 amide bonds. The van der Waals surface area contributed by atoms with Crippen LogP contribution in [0.3, 0.4) is 0 Å². The van der Waals surface area contributed by atoms with Gasteiger partial charge in [-0.25, -0.2) is 0 Å². The quantitative estimate of drug-likeness (QED) is 0.252. The van der Waals surface area contributed by atoms with E-state index in [9.17, 15) is 28.0 Å². The number of halogens is 4. The molecule has 12 heteroatoms. The number of aryl methyl sites for hydroxylation is 1. The summed E-state index contributed by atoms with van der Waals surface area (Å²) in [5.41, 5.74) is 1.40. The van der Waals surface area contributed by atoms with Gasteiger partial charge in [0.1, 0.15) is 5.76 Å². The topological polar surface area (TPSA) is 107 Å². The summed E-state index contributed by atoms with van der Waals surface area (Å²) in [6, 6.07) is 15.4. The molecule has 0 aliphatic carbocycles. The Balaban J connectivity index is 1.56. The average Bonchev–Trinajstić information content (AvgIpc) is 3.47. The summed E-state index contributed by atoms with van der Waals surface area (Å²) in [5.74, 6) is -1.85. The Kier molecular flexibility index (Phi) is 9.15. The van der Waals surface area contributed by atoms with Gasteiger partial charge in [-0.2, -0.15) is 18.4 Å². The van der Waals surface area contributed by atoms with Crippen molar-refractivity contribution in [3.8, 4) is 6.07 Å². The zero-order valence-electron chi connectivity index (χ0n) is 21.9. The number of nitriles is 1. The Bertz CT molecular complexity index is 1560. The summed E-state index contributed by atoms with van der Waals surface area (Å²) in [6.07, 6.45) is -2.32. The van der Waals surface area contributed by atoms with Crippen LogP contribution < -0.4 is 16.0 Å². The molecule has 0 bridgehead atoms.